The third kappa shape index (κ3) is 1.62. The van der Waals surface area contributed by atoms with Crippen molar-refractivity contribution in [1.29, 1.82) is 0 Å². The molecule has 0 spiro atoms. The molecule has 0 saturated carbocycles. The maximum absolute atomic E-state index is 11.2. The molecule has 0 aromatic heterocycles. The van der Waals surface area contributed by atoms with E-state index in [0.717, 1.165) is 19.5 Å². The number of nitrogens with two attached hydrogens (primary N) is 1. The highest BCUT2D eigenvalue weighted by Crippen LogP contribution is 2.28. The predicted molar refractivity (Wildman–Crippen MR) is 48.2 cm³/mol. The van der Waals surface area contributed by atoms with Gasteiger partial charge in [0.1, 0.15) is 0 Å². The molecule has 4 nitrogen and oxygen atoms in total. The molecule has 12 heavy (non-hydrogen) atoms. The molecule has 72 valence electrons. The summed E-state index contributed by atoms with van der Waals surface area (Å²) in [6.45, 7) is 5.03. The molecule has 0 aliphatic carbocycles. The normalized spacial score (nSPS) is 26.1. The number of hydrogen-bond acceptors (Lipinski definition) is 3. The molecule has 0 aromatic rings. The van der Waals surface area contributed by atoms with Gasteiger partial charge < -0.3 is 5.32 Å². The Labute approximate surface area is 73.6 Å². The molecule has 0 bridgehead atoms. The highest BCUT2D eigenvalue weighted by atomic mass is 32.2. The van der Waals surface area contributed by atoms with Gasteiger partial charge in [-0.25, -0.2) is 13.6 Å². The largest absolute Gasteiger partial charge is 0.316 e. The molecule has 1 heterocycles. The third-order valence-corrected chi connectivity index (χ3v) is 4.58. The minimum absolute atomic E-state index is 0.146. The summed E-state index contributed by atoms with van der Waals surface area (Å²) in [6.07, 6.45) is 0.892. The van der Waals surface area contributed by atoms with Crippen molar-refractivity contribution in [3.8, 4) is 0 Å². The SMILES string of the molecule is CC(C)(C1CCNC1)S(N)(=O)=O. The number of primary sulfonamides is 1. The van der Waals surface area contributed by atoms with E-state index in [1.807, 2.05) is 0 Å². The molecule has 5 heteroatoms. The van der Waals surface area contributed by atoms with Gasteiger partial charge in [0.15, 0.2) is 0 Å². The number of rotatable bonds is 2. The van der Waals surface area contributed by atoms with E-state index in [0.29, 0.717) is 0 Å². The van der Waals surface area contributed by atoms with Gasteiger partial charge in [-0.3, -0.25) is 0 Å². The molecule has 0 radical (unpaired) electrons. The van der Waals surface area contributed by atoms with Crippen LogP contribution in [0.1, 0.15) is 20.3 Å². The quantitative estimate of drug-likeness (QED) is 0.629. The summed E-state index contributed by atoms with van der Waals surface area (Å²) in [6, 6.07) is 0. The predicted octanol–water partition coefficient (Wildman–Crippen LogP) is -0.337. The summed E-state index contributed by atoms with van der Waals surface area (Å²) in [5.41, 5.74) is 0. The minimum Gasteiger partial charge on any atom is -0.316 e. The van der Waals surface area contributed by atoms with Gasteiger partial charge in [0.25, 0.3) is 0 Å². The van der Waals surface area contributed by atoms with E-state index in [2.05, 4.69) is 5.32 Å². The van der Waals surface area contributed by atoms with Crippen LogP contribution >= 0.6 is 0 Å². The van der Waals surface area contributed by atoms with Crippen LogP contribution in [0.4, 0.5) is 0 Å². The van der Waals surface area contributed by atoms with Crippen LogP contribution in [0, 0.1) is 5.92 Å². The Kier molecular flexibility index (Phi) is 2.47. The topological polar surface area (TPSA) is 72.2 Å². The lowest BCUT2D eigenvalue weighted by Gasteiger charge is -2.28. The lowest BCUT2D eigenvalue weighted by molar-refractivity contribution is 0.424. The zero-order valence-corrected chi connectivity index (χ0v) is 8.32. The molecule has 0 amide bonds. The van der Waals surface area contributed by atoms with Crippen LogP contribution in [0.25, 0.3) is 0 Å². The van der Waals surface area contributed by atoms with E-state index in [-0.39, 0.29) is 5.92 Å². The Morgan fingerprint density at radius 2 is 2.08 bits per heavy atom. The molecular weight excluding hydrogens is 176 g/mol. The highest BCUT2D eigenvalue weighted by Gasteiger charge is 2.40. The van der Waals surface area contributed by atoms with E-state index in [4.69, 9.17) is 5.14 Å². The fourth-order valence-corrected chi connectivity index (χ4v) is 2.15. The van der Waals surface area contributed by atoms with Gasteiger partial charge in [-0.2, -0.15) is 0 Å². The average molecular weight is 192 g/mol. The summed E-state index contributed by atoms with van der Waals surface area (Å²) in [5.74, 6) is 0.146. The van der Waals surface area contributed by atoms with Crippen LogP contribution in [-0.2, 0) is 10.0 Å². The van der Waals surface area contributed by atoms with E-state index < -0.39 is 14.8 Å². The Balaban J connectivity index is 2.84. The van der Waals surface area contributed by atoms with Crippen molar-refractivity contribution in [2.24, 2.45) is 11.1 Å². The first-order valence-corrected chi connectivity index (χ1v) is 5.63. The van der Waals surface area contributed by atoms with Crippen LogP contribution in [0.3, 0.4) is 0 Å². The van der Waals surface area contributed by atoms with Crippen LogP contribution in [0.15, 0.2) is 0 Å². The first-order valence-electron chi connectivity index (χ1n) is 4.09. The van der Waals surface area contributed by atoms with Gasteiger partial charge in [-0.05, 0) is 39.3 Å². The molecule has 1 unspecified atom stereocenters. The molecule has 1 atom stereocenters. The summed E-state index contributed by atoms with van der Waals surface area (Å²) in [4.78, 5) is 0. The van der Waals surface area contributed by atoms with Crippen LogP contribution in [-0.4, -0.2) is 26.3 Å². The molecule has 0 aromatic carbocycles. The maximum Gasteiger partial charge on any atom is 0.214 e. The Bertz CT molecular complexity index is 253. The highest BCUT2D eigenvalue weighted by molar-refractivity contribution is 7.90. The van der Waals surface area contributed by atoms with Gasteiger partial charge in [-0.15, -0.1) is 0 Å². The summed E-state index contributed by atoms with van der Waals surface area (Å²) in [7, 11) is -3.43. The standard InChI is InChI=1S/C7H16N2O2S/c1-7(2,12(8,10)11)6-3-4-9-5-6/h6,9H,3-5H2,1-2H3,(H2,8,10,11). The molecule has 1 aliphatic rings. The van der Waals surface area contributed by atoms with E-state index in [1.54, 1.807) is 13.8 Å². The van der Waals surface area contributed by atoms with Crippen molar-refractivity contribution in [2.75, 3.05) is 13.1 Å². The van der Waals surface area contributed by atoms with Crippen molar-refractivity contribution < 1.29 is 8.42 Å². The monoisotopic (exact) mass is 192 g/mol. The van der Waals surface area contributed by atoms with Crippen molar-refractivity contribution in [3.05, 3.63) is 0 Å². The molecule has 3 N–H and O–H groups in total. The maximum atomic E-state index is 11.2. The number of hydrogen-bond donors (Lipinski definition) is 2. The first-order chi connectivity index (χ1) is 5.36. The average Bonchev–Trinajstić information content (AvgIpc) is 2.34. The Hall–Kier alpha value is -0.130. The van der Waals surface area contributed by atoms with Crippen LogP contribution < -0.4 is 10.5 Å². The van der Waals surface area contributed by atoms with E-state index >= 15 is 0 Å². The van der Waals surface area contributed by atoms with Crippen molar-refractivity contribution >= 4 is 10.0 Å². The molecule has 1 fully saturated rings. The molecule has 1 rings (SSSR count). The minimum atomic E-state index is -3.43. The third-order valence-electron chi connectivity index (χ3n) is 2.78. The Morgan fingerprint density at radius 1 is 1.50 bits per heavy atom. The van der Waals surface area contributed by atoms with E-state index in [9.17, 15) is 8.42 Å². The molecular formula is C7H16N2O2S. The molecule has 1 saturated heterocycles. The van der Waals surface area contributed by atoms with Gasteiger partial charge >= 0.3 is 0 Å². The molecule has 1 aliphatic heterocycles. The second kappa shape index (κ2) is 2.97. The Morgan fingerprint density at radius 3 is 2.42 bits per heavy atom. The summed E-state index contributed by atoms with van der Waals surface area (Å²) in [5, 5.41) is 8.27. The van der Waals surface area contributed by atoms with Crippen molar-refractivity contribution in [2.45, 2.75) is 25.0 Å². The van der Waals surface area contributed by atoms with Gasteiger partial charge in [0, 0.05) is 0 Å². The fraction of sp³-hybridized carbons (Fsp3) is 1.00. The second-order valence-electron chi connectivity index (χ2n) is 3.84. The smallest absolute Gasteiger partial charge is 0.214 e. The summed E-state index contributed by atoms with van der Waals surface area (Å²) >= 11 is 0. The van der Waals surface area contributed by atoms with Gasteiger partial charge in [0.05, 0.1) is 4.75 Å². The fourth-order valence-electron chi connectivity index (χ4n) is 1.48. The second-order valence-corrected chi connectivity index (χ2v) is 5.98. The summed E-state index contributed by atoms with van der Waals surface area (Å²) < 4.78 is 21.6. The van der Waals surface area contributed by atoms with Gasteiger partial charge in [0.2, 0.25) is 10.0 Å². The van der Waals surface area contributed by atoms with E-state index in [1.165, 1.54) is 0 Å². The van der Waals surface area contributed by atoms with Crippen LogP contribution in [0.2, 0.25) is 0 Å². The first kappa shape index (κ1) is 9.95. The van der Waals surface area contributed by atoms with Crippen molar-refractivity contribution in [3.63, 3.8) is 0 Å². The lowest BCUT2D eigenvalue weighted by Crippen LogP contribution is -2.45. The zero-order chi connectivity index (χ0) is 9.41. The van der Waals surface area contributed by atoms with Crippen molar-refractivity contribution in [1.82, 2.24) is 5.32 Å². The van der Waals surface area contributed by atoms with Gasteiger partial charge in [-0.1, -0.05) is 0 Å². The number of sulfonamides is 1. The van der Waals surface area contributed by atoms with Crippen LogP contribution in [0.5, 0.6) is 0 Å². The zero-order valence-electron chi connectivity index (χ0n) is 7.50. The number of nitrogens with one attached hydrogen (secondary N) is 1. The lowest BCUT2D eigenvalue weighted by atomic mass is 9.94.